The molecule has 2 aromatic carbocycles. The third kappa shape index (κ3) is 4.11. The van der Waals surface area contributed by atoms with Gasteiger partial charge in [0.2, 0.25) is 12.7 Å². The van der Waals surface area contributed by atoms with Gasteiger partial charge in [-0.15, -0.1) is 0 Å². The lowest BCUT2D eigenvalue weighted by Gasteiger charge is -2.11. The van der Waals surface area contributed by atoms with Gasteiger partial charge in [-0.05, 0) is 48.7 Å². The molecule has 4 rings (SSSR count). The third-order valence-electron chi connectivity index (χ3n) is 4.38. The standard InChI is InChI=1S/C21H22N4O2/c1-3-15-4-7-17(8-5-15)24-21-23-14(2)10-20(25-21)22-12-16-6-9-18-19(11-16)27-13-26-18/h4-11H,3,12-13H2,1-2H3,(H2,22,23,24,25). The van der Waals surface area contributed by atoms with Gasteiger partial charge in [0, 0.05) is 24.0 Å². The Morgan fingerprint density at radius 3 is 2.52 bits per heavy atom. The maximum Gasteiger partial charge on any atom is 0.231 e. The SMILES string of the molecule is CCc1ccc(Nc2nc(C)cc(NCc3ccc4c(c3)OCO4)n2)cc1. The molecule has 0 atom stereocenters. The molecule has 3 aromatic rings. The first kappa shape index (κ1) is 17.1. The first-order chi connectivity index (χ1) is 13.2. The number of ether oxygens (including phenoxy) is 2. The third-order valence-corrected chi connectivity index (χ3v) is 4.38. The molecule has 138 valence electrons. The molecule has 2 heterocycles. The van der Waals surface area contributed by atoms with E-state index in [1.807, 2.05) is 43.3 Å². The zero-order valence-corrected chi connectivity index (χ0v) is 15.5. The Morgan fingerprint density at radius 1 is 0.926 bits per heavy atom. The van der Waals surface area contributed by atoms with Crippen LogP contribution in [0.3, 0.4) is 0 Å². The van der Waals surface area contributed by atoms with Crippen molar-refractivity contribution in [3.8, 4) is 11.5 Å². The number of benzene rings is 2. The second-order valence-electron chi connectivity index (χ2n) is 6.43. The van der Waals surface area contributed by atoms with E-state index in [-0.39, 0.29) is 6.79 Å². The summed E-state index contributed by atoms with van der Waals surface area (Å²) >= 11 is 0. The summed E-state index contributed by atoms with van der Waals surface area (Å²) in [4.78, 5) is 9.04. The second-order valence-corrected chi connectivity index (χ2v) is 6.43. The molecule has 0 radical (unpaired) electrons. The minimum Gasteiger partial charge on any atom is -0.454 e. The van der Waals surface area contributed by atoms with E-state index >= 15 is 0 Å². The van der Waals surface area contributed by atoms with Crippen molar-refractivity contribution in [2.45, 2.75) is 26.8 Å². The minimum atomic E-state index is 0.283. The van der Waals surface area contributed by atoms with Crippen molar-refractivity contribution in [3.05, 3.63) is 65.4 Å². The van der Waals surface area contributed by atoms with Crippen LogP contribution in [0.1, 0.15) is 23.7 Å². The average molecular weight is 362 g/mol. The molecule has 0 spiro atoms. The van der Waals surface area contributed by atoms with Crippen LogP contribution in [-0.2, 0) is 13.0 Å². The number of aryl methyl sites for hydroxylation is 2. The number of nitrogens with one attached hydrogen (secondary N) is 2. The van der Waals surface area contributed by atoms with E-state index in [1.54, 1.807) is 0 Å². The maximum atomic E-state index is 5.43. The summed E-state index contributed by atoms with van der Waals surface area (Å²) in [5.41, 5.74) is 4.27. The molecule has 1 aliphatic rings. The Balaban J connectivity index is 1.45. The van der Waals surface area contributed by atoms with Gasteiger partial charge in [0.05, 0.1) is 0 Å². The quantitative estimate of drug-likeness (QED) is 0.676. The fourth-order valence-electron chi connectivity index (χ4n) is 2.91. The number of anilines is 3. The Bertz CT molecular complexity index is 941. The molecular formula is C21H22N4O2. The molecule has 0 saturated carbocycles. The van der Waals surface area contributed by atoms with Gasteiger partial charge < -0.3 is 20.1 Å². The van der Waals surface area contributed by atoms with Gasteiger partial charge in [0.15, 0.2) is 11.5 Å². The Kier molecular flexibility index (Phi) is 4.78. The fraction of sp³-hybridized carbons (Fsp3) is 0.238. The topological polar surface area (TPSA) is 68.3 Å². The highest BCUT2D eigenvalue weighted by Gasteiger charge is 2.13. The van der Waals surface area contributed by atoms with Crippen molar-refractivity contribution in [1.29, 1.82) is 0 Å². The molecule has 0 amide bonds. The number of hydrogen-bond acceptors (Lipinski definition) is 6. The van der Waals surface area contributed by atoms with Crippen molar-refractivity contribution in [1.82, 2.24) is 9.97 Å². The van der Waals surface area contributed by atoms with Gasteiger partial charge in [-0.25, -0.2) is 4.98 Å². The van der Waals surface area contributed by atoms with E-state index < -0.39 is 0 Å². The Morgan fingerprint density at radius 2 is 1.70 bits per heavy atom. The molecule has 1 aliphatic heterocycles. The Hall–Kier alpha value is -3.28. The van der Waals surface area contributed by atoms with Gasteiger partial charge in [-0.1, -0.05) is 25.1 Å². The van der Waals surface area contributed by atoms with Crippen LogP contribution >= 0.6 is 0 Å². The number of aromatic nitrogens is 2. The smallest absolute Gasteiger partial charge is 0.231 e. The summed E-state index contributed by atoms with van der Waals surface area (Å²) < 4.78 is 10.8. The van der Waals surface area contributed by atoms with Crippen molar-refractivity contribution in [3.63, 3.8) is 0 Å². The summed E-state index contributed by atoms with van der Waals surface area (Å²) in [5.74, 6) is 2.92. The zero-order valence-electron chi connectivity index (χ0n) is 15.5. The van der Waals surface area contributed by atoms with Crippen LogP contribution in [0.25, 0.3) is 0 Å². The van der Waals surface area contributed by atoms with Gasteiger partial charge in [0.25, 0.3) is 0 Å². The number of fused-ring (bicyclic) bond motifs is 1. The number of rotatable bonds is 6. The molecule has 6 nitrogen and oxygen atoms in total. The highest BCUT2D eigenvalue weighted by molar-refractivity contribution is 5.56. The van der Waals surface area contributed by atoms with E-state index in [1.165, 1.54) is 5.56 Å². The predicted molar refractivity (Wildman–Crippen MR) is 106 cm³/mol. The highest BCUT2D eigenvalue weighted by atomic mass is 16.7. The molecule has 0 saturated heterocycles. The van der Waals surface area contributed by atoms with Gasteiger partial charge in [0.1, 0.15) is 5.82 Å². The van der Waals surface area contributed by atoms with Crippen LogP contribution in [-0.4, -0.2) is 16.8 Å². The summed E-state index contributed by atoms with van der Waals surface area (Å²) in [5, 5.41) is 6.62. The van der Waals surface area contributed by atoms with Crippen LogP contribution in [0.2, 0.25) is 0 Å². The lowest BCUT2D eigenvalue weighted by atomic mass is 10.1. The number of nitrogens with zero attached hydrogens (tertiary/aromatic N) is 2. The van der Waals surface area contributed by atoms with Crippen molar-refractivity contribution in [2.24, 2.45) is 0 Å². The van der Waals surface area contributed by atoms with E-state index in [0.717, 1.165) is 40.7 Å². The second kappa shape index (κ2) is 7.53. The van der Waals surface area contributed by atoms with Crippen molar-refractivity contribution < 1.29 is 9.47 Å². The van der Waals surface area contributed by atoms with Crippen LogP contribution in [0.15, 0.2) is 48.5 Å². The molecule has 0 aliphatic carbocycles. The summed E-state index contributed by atoms with van der Waals surface area (Å²) in [6.45, 7) is 5.02. The van der Waals surface area contributed by atoms with Crippen molar-refractivity contribution >= 4 is 17.5 Å². The molecule has 27 heavy (non-hydrogen) atoms. The number of hydrogen-bond donors (Lipinski definition) is 2. The molecule has 6 heteroatoms. The molecule has 0 fully saturated rings. The zero-order chi connectivity index (χ0) is 18.6. The largest absolute Gasteiger partial charge is 0.454 e. The Labute approximate surface area is 158 Å². The summed E-state index contributed by atoms with van der Waals surface area (Å²) in [7, 11) is 0. The maximum absolute atomic E-state index is 5.43. The van der Waals surface area contributed by atoms with Gasteiger partial charge >= 0.3 is 0 Å². The van der Waals surface area contributed by atoms with Crippen molar-refractivity contribution in [2.75, 3.05) is 17.4 Å². The molecule has 2 N–H and O–H groups in total. The predicted octanol–water partition coefficient (Wildman–Crippen LogP) is 4.43. The lowest BCUT2D eigenvalue weighted by Crippen LogP contribution is -2.05. The van der Waals surface area contributed by atoms with E-state index in [2.05, 4.69) is 39.7 Å². The molecule has 1 aromatic heterocycles. The lowest BCUT2D eigenvalue weighted by molar-refractivity contribution is 0.174. The first-order valence-corrected chi connectivity index (χ1v) is 9.03. The van der Waals surface area contributed by atoms with Gasteiger partial charge in [-0.2, -0.15) is 4.98 Å². The average Bonchev–Trinajstić information content (AvgIpc) is 3.14. The molecular weight excluding hydrogens is 340 g/mol. The van der Waals surface area contributed by atoms with E-state index in [9.17, 15) is 0 Å². The molecule has 0 unspecified atom stereocenters. The normalized spacial score (nSPS) is 12.1. The van der Waals surface area contributed by atoms with Crippen LogP contribution < -0.4 is 20.1 Å². The van der Waals surface area contributed by atoms with Crippen LogP contribution in [0.4, 0.5) is 17.5 Å². The molecule has 0 bridgehead atoms. The highest BCUT2D eigenvalue weighted by Crippen LogP contribution is 2.32. The monoisotopic (exact) mass is 362 g/mol. The van der Waals surface area contributed by atoms with E-state index in [0.29, 0.717) is 12.5 Å². The van der Waals surface area contributed by atoms with E-state index in [4.69, 9.17) is 9.47 Å². The minimum absolute atomic E-state index is 0.283. The van der Waals surface area contributed by atoms with Crippen LogP contribution in [0.5, 0.6) is 11.5 Å². The van der Waals surface area contributed by atoms with Gasteiger partial charge in [-0.3, -0.25) is 0 Å². The summed E-state index contributed by atoms with van der Waals surface area (Å²) in [6, 6.07) is 16.2. The fourth-order valence-corrected chi connectivity index (χ4v) is 2.91. The van der Waals surface area contributed by atoms with Crippen LogP contribution in [0, 0.1) is 6.92 Å². The first-order valence-electron chi connectivity index (χ1n) is 9.03. The summed E-state index contributed by atoms with van der Waals surface area (Å²) in [6.07, 6.45) is 1.02.